The van der Waals surface area contributed by atoms with Crippen LogP contribution in [-0.2, 0) is 0 Å². The van der Waals surface area contributed by atoms with Gasteiger partial charge < -0.3 is 9.52 Å². The maximum absolute atomic E-state index is 11.1. The van der Waals surface area contributed by atoms with Crippen molar-refractivity contribution in [3.05, 3.63) is 30.2 Å². The van der Waals surface area contributed by atoms with Gasteiger partial charge in [-0.25, -0.2) is 4.98 Å². The zero-order valence-corrected chi connectivity index (χ0v) is 6.73. The lowest BCUT2D eigenvalue weighted by Crippen LogP contribution is -2.03. The molecule has 0 amide bonds. The van der Waals surface area contributed by atoms with E-state index in [9.17, 15) is 4.79 Å². The van der Waals surface area contributed by atoms with Crippen molar-refractivity contribution in [2.45, 2.75) is 0 Å². The van der Waals surface area contributed by atoms with Gasteiger partial charge in [0.2, 0.25) is 0 Å². The second-order valence-electron chi connectivity index (χ2n) is 2.62. The van der Waals surface area contributed by atoms with Gasteiger partial charge in [0.05, 0.1) is 0 Å². The highest BCUT2D eigenvalue weighted by molar-refractivity contribution is 5.99. The predicted octanol–water partition coefficient (Wildman–Crippen LogP) is 1.00. The highest BCUT2D eigenvalue weighted by Gasteiger charge is 2.06. The number of carbonyl (C=O) groups excluding carboxylic acids is 1. The Hall–Kier alpha value is -1.68. The van der Waals surface area contributed by atoms with Gasteiger partial charge in [0, 0.05) is 5.56 Å². The van der Waals surface area contributed by atoms with E-state index in [1.165, 1.54) is 6.39 Å². The average molecular weight is 177 g/mol. The molecule has 0 saturated carbocycles. The third-order valence-electron chi connectivity index (χ3n) is 1.80. The van der Waals surface area contributed by atoms with Crippen molar-refractivity contribution in [2.75, 3.05) is 6.61 Å². The molecule has 1 aromatic carbocycles. The van der Waals surface area contributed by atoms with Crippen LogP contribution in [0.5, 0.6) is 0 Å². The van der Waals surface area contributed by atoms with Gasteiger partial charge in [-0.2, -0.15) is 0 Å². The lowest BCUT2D eigenvalue weighted by molar-refractivity contribution is 0.0904. The van der Waals surface area contributed by atoms with Crippen molar-refractivity contribution in [1.29, 1.82) is 0 Å². The number of benzene rings is 1. The number of fused-ring (bicyclic) bond motifs is 1. The fourth-order valence-electron chi connectivity index (χ4n) is 1.12. The average Bonchev–Trinajstić information content (AvgIpc) is 2.63. The SMILES string of the molecule is O=C(CO)c1ccc2ncoc2c1. The number of carbonyl (C=O) groups is 1. The van der Waals surface area contributed by atoms with Crippen LogP contribution >= 0.6 is 0 Å². The number of aliphatic hydroxyl groups excluding tert-OH is 1. The second kappa shape index (κ2) is 2.99. The van der Waals surface area contributed by atoms with Crippen molar-refractivity contribution in [2.24, 2.45) is 0 Å². The minimum absolute atomic E-state index is 0.321. The number of aromatic nitrogens is 1. The van der Waals surface area contributed by atoms with E-state index in [1.54, 1.807) is 18.2 Å². The Labute approximate surface area is 73.8 Å². The van der Waals surface area contributed by atoms with Gasteiger partial charge in [0.15, 0.2) is 17.8 Å². The Morgan fingerprint density at radius 2 is 2.38 bits per heavy atom. The summed E-state index contributed by atoms with van der Waals surface area (Å²) in [6.07, 6.45) is 1.32. The Bertz CT molecular complexity index is 447. The minimum atomic E-state index is -0.486. The summed E-state index contributed by atoms with van der Waals surface area (Å²) in [6.45, 7) is -0.486. The molecule has 4 heteroatoms. The molecule has 0 saturated heterocycles. The summed E-state index contributed by atoms with van der Waals surface area (Å²) in [5.74, 6) is -0.321. The maximum Gasteiger partial charge on any atom is 0.188 e. The van der Waals surface area contributed by atoms with Crippen LogP contribution in [0, 0.1) is 0 Å². The Morgan fingerprint density at radius 3 is 3.15 bits per heavy atom. The van der Waals surface area contributed by atoms with Gasteiger partial charge in [-0.15, -0.1) is 0 Å². The fourth-order valence-corrected chi connectivity index (χ4v) is 1.12. The minimum Gasteiger partial charge on any atom is -0.443 e. The molecule has 0 aliphatic heterocycles. The molecular weight excluding hydrogens is 170 g/mol. The first kappa shape index (κ1) is 7.94. The molecule has 0 atom stereocenters. The van der Waals surface area contributed by atoms with Crippen LogP contribution in [0.3, 0.4) is 0 Å². The zero-order valence-electron chi connectivity index (χ0n) is 6.73. The number of nitrogens with zero attached hydrogens (tertiary/aromatic N) is 1. The molecule has 0 aliphatic carbocycles. The second-order valence-corrected chi connectivity index (χ2v) is 2.62. The summed E-state index contributed by atoms with van der Waals surface area (Å²) in [7, 11) is 0. The largest absolute Gasteiger partial charge is 0.443 e. The summed E-state index contributed by atoms with van der Waals surface area (Å²) >= 11 is 0. The van der Waals surface area contributed by atoms with Gasteiger partial charge >= 0.3 is 0 Å². The van der Waals surface area contributed by atoms with Gasteiger partial charge in [0.25, 0.3) is 0 Å². The molecule has 1 N–H and O–H groups in total. The maximum atomic E-state index is 11.1. The third kappa shape index (κ3) is 1.31. The van der Waals surface area contributed by atoms with Gasteiger partial charge in [-0.05, 0) is 18.2 Å². The van der Waals surface area contributed by atoms with Crippen molar-refractivity contribution in [3.63, 3.8) is 0 Å². The Kier molecular flexibility index (Phi) is 1.83. The van der Waals surface area contributed by atoms with Gasteiger partial charge in [-0.3, -0.25) is 4.79 Å². The fraction of sp³-hybridized carbons (Fsp3) is 0.111. The van der Waals surface area contributed by atoms with E-state index >= 15 is 0 Å². The summed E-state index contributed by atoms with van der Waals surface area (Å²) in [4.78, 5) is 15.0. The molecule has 0 radical (unpaired) electrons. The van der Waals surface area contributed by atoms with Crippen LogP contribution in [0.2, 0.25) is 0 Å². The van der Waals surface area contributed by atoms with Crippen molar-refractivity contribution in [3.8, 4) is 0 Å². The van der Waals surface area contributed by atoms with Crippen molar-refractivity contribution < 1.29 is 14.3 Å². The molecule has 0 fully saturated rings. The standard InChI is InChI=1S/C9H7NO3/c11-4-8(12)6-1-2-7-9(3-6)13-5-10-7/h1-3,5,11H,4H2. The van der Waals surface area contributed by atoms with E-state index < -0.39 is 6.61 Å². The lowest BCUT2D eigenvalue weighted by Gasteiger charge is -1.95. The first-order valence-corrected chi connectivity index (χ1v) is 3.78. The molecular formula is C9H7NO3. The van der Waals surface area contributed by atoms with Crippen molar-refractivity contribution >= 4 is 16.9 Å². The van der Waals surface area contributed by atoms with E-state index in [0.29, 0.717) is 16.7 Å². The van der Waals surface area contributed by atoms with E-state index in [0.717, 1.165) is 0 Å². The molecule has 2 aromatic rings. The number of Topliss-reactive ketones (excluding diaryl/α,β-unsaturated/α-hetero) is 1. The van der Waals surface area contributed by atoms with Crippen LogP contribution in [0.1, 0.15) is 10.4 Å². The third-order valence-corrected chi connectivity index (χ3v) is 1.80. The first-order valence-electron chi connectivity index (χ1n) is 3.78. The number of ketones is 1. The number of oxazole rings is 1. The van der Waals surface area contributed by atoms with Crippen LogP contribution in [0.4, 0.5) is 0 Å². The number of rotatable bonds is 2. The molecule has 1 heterocycles. The van der Waals surface area contributed by atoms with Crippen LogP contribution in [0.15, 0.2) is 29.0 Å². The molecule has 1 aromatic heterocycles. The monoisotopic (exact) mass is 177 g/mol. The number of hydrogen-bond acceptors (Lipinski definition) is 4. The summed E-state index contributed by atoms with van der Waals surface area (Å²) in [5.41, 5.74) is 1.69. The molecule has 66 valence electrons. The van der Waals surface area contributed by atoms with Gasteiger partial charge in [-0.1, -0.05) is 0 Å². The molecule has 0 spiro atoms. The topological polar surface area (TPSA) is 63.3 Å². The van der Waals surface area contributed by atoms with E-state index in [1.807, 2.05) is 0 Å². The summed E-state index contributed by atoms with van der Waals surface area (Å²) < 4.78 is 5.01. The molecule has 13 heavy (non-hydrogen) atoms. The quantitative estimate of drug-likeness (QED) is 0.695. The molecule has 4 nitrogen and oxygen atoms in total. The van der Waals surface area contributed by atoms with E-state index in [-0.39, 0.29) is 5.78 Å². The molecule has 2 rings (SSSR count). The van der Waals surface area contributed by atoms with E-state index in [2.05, 4.69) is 4.98 Å². The lowest BCUT2D eigenvalue weighted by atomic mass is 10.1. The Balaban J connectivity index is 2.54. The Morgan fingerprint density at radius 1 is 1.54 bits per heavy atom. The number of aliphatic hydroxyl groups is 1. The number of hydrogen-bond donors (Lipinski definition) is 1. The van der Waals surface area contributed by atoms with Crippen LogP contribution in [0.25, 0.3) is 11.1 Å². The van der Waals surface area contributed by atoms with Crippen LogP contribution < -0.4 is 0 Å². The van der Waals surface area contributed by atoms with Gasteiger partial charge in [0.1, 0.15) is 12.1 Å². The summed E-state index contributed by atoms with van der Waals surface area (Å²) in [5, 5.41) is 8.62. The smallest absolute Gasteiger partial charge is 0.188 e. The molecule has 0 bridgehead atoms. The summed E-state index contributed by atoms with van der Waals surface area (Å²) in [6, 6.07) is 4.87. The van der Waals surface area contributed by atoms with Crippen LogP contribution in [-0.4, -0.2) is 22.5 Å². The first-order chi connectivity index (χ1) is 6.31. The zero-order chi connectivity index (χ0) is 9.26. The molecule has 0 aliphatic rings. The normalized spacial score (nSPS) is 10.5. The molecule has 0 unspecified atom stereocenters. The van der Waals surface area contributed by atoms with E-state index in [4.69, 9.17) is 9.52 Å². The van der Waals surface area contributed by atoms with Crippen molar-refractivity contribution in [1.82, 2.24) is 4.98 Å². The predicted molar refractivity (Wildman–Crippen MR) is 45.4 cm³/mol. The highest BCUT2D eigenvalue weighted by Crippen LogP contribution is 2.14. The highest BCUT2D eigenvalue weighted by atomic mass is 16.3.